The summed E-state index contributed by atoms with van der Waals surface area (Å²) in [6.45, 7) is 1.36. The Morgan fingerprint density at radius 2 is 2.00 bits per heavy atom. The van der Waals surface area contributed by atoms with E-state index in [-0.39, 0.29) is 12.5 Å². The van der Waals surface area contributed by atoms with Gasteiger partial charge >= 0.3 is 0 Å². The van der Waals surface area contributed by atoms with Crippen LogP contribution < -0.4 is 5.32 Å². The number of benzene rings is 1. The summed E-state index contributed by atoms with van der Waals surface area (Å²) in [5.41, 5.74) is 1.88. The molecule has 148 valence electrons. The van der Waals surface area contributed by atoms with Gasteiger partial charge in [0, 0.05) is 20.1 Å². The lowest BCUT2D eigenvalue weighted by Crippen LogP contribution is -2.37. The van der Waals surface area contributed by atoms with Crippen LogP contribution in [0.15, 0.2) is 36.1 Å². The summed E-state index contributed by atoms with van der Waals surface area (Å²) in [5, 5.41) is 11.9. The first-order valence-corrected chi connectivity index (χ1v) is 9.65. The Balaban J connectivity index is 1.59. The number of rotatable bonds is 9. The van der Waals surface area contributed by atoms with Crippen LogP contribution in [-0.2, 0) is 32.2 Å². The first-order chi connectivity index (χ1) is 13.2. The SMILES string of the molecule is COCCNC(=O)C1=C[C@@H](C2CCC2)C[C@@H](OCc2ccc(CO)cc2)O1. The lowest BCUT2D eigenvalue weighted by molar-refractivity contribution is -0.156. The Kier molecular flexibility index (Phi) is 7.26. The minimum absolute atomic E-state index is 0.0300. The van der Waals surface area contributed by atoms with E-state index in [2.05, 4.69) is 5.32 Å². The van der Waals surface area contributed by atoms with Crippen molar-refractivity contribution in [2.75, 3.05) is 20.3 Å². The minimum atomic E-state index is -0.429. The number of aliphatic hydroxyl groups excluding tert-OH is 1. The van der Waals surface area contributed by atoms with Gasteiger partial charge in [-0.05, 0) is 41.9 Å². The first-order valence-electron chi connectivity index (χ1n) is 9.65. The van der Waals surface area contributed by atoms with Crippen LogP contribution >= 0.6 is 0 Å². The predicted molar refractivity (Wildman–Crippen MR) is 100 cm³/mol. The number of carbonyl (C=O) groups is 1. The topological polar surface area (TPSA) is 77.0 Å². The molecule has 1 aromatic rings. The number of aliphatic hydroxyl groups is 1. The Hall–Kier alpha value is -1.89. The van der Waals surface area contributed by atoms with Crippen LogP contribution in [-0.4, -0.2) is 37.6 Å². The molecule has 0 bridgehead atoms. The lowest BCUT2D eigenvalue weighted by Gasteiger charge is -2.37. The smallest absolute Gasteiger partial charge is 0.286 e. The Morgan fingerprint density at radius 1 is 1.26 bits per heavy atom. The van der Waals surface area contributed by atoms with Crippen molar-refractivity contribution < 1.29 is 24.1 Å². The maximum atomic E-state index is 12.4. The summed E-state index contributed by atoms with van der Waals surface area (Å²) in [6.07, 6.45) is 5.98. The molecule has 0 radical (unpaired) electrons. The van der Waals surface area contributed by atoms with Crippen molar-refractivity contribution >= 4 is 5.91 Å². The largest absolute Gasteiger partial charge is 0.459 e. The van der Waals surface area contributed by atoms with E-state index in [1.807, 2.05) is 30.3 Å². The molecule has 2 aliphatic rings. The average molecular weight is 375 g/mol. The molecule has 6 heteroatoms. The fraction of sp³-hybridized carbons (Fsp3) is 0.571. The van der Waals surface area contributed by atoms with Crippen molar-refractivity contribution in [1.82, 2.24) is 5.32 Å². The molecule has 0 aromatic heterocycles. The summed E-state index contributed by atoms with van der Waals surface area (Å²) in [6, 6.07) is 7.64. The molecule has 1 aromatic carbocycles. The fourth-order valence-corrected chi connectivity index (χ4v) is 3.43. The van der Waals surface area contributed by atoms with Crippen LogP contribution in [0.3, 0.4) is 0 Å². The van der Waals surface area contributed by atoms with Crippen LogP contribution in [0.5, 0.6) is 0 Å². The highest BCUT2D eigenvalue weighted by Crippen LogP contribution is 2.40. The molecule has 1 amide bonds. The summed E-state index contributed by atoms with van der Waals surface area (Å²) >= 11 is 0. The van der Waals surface area contributed by atoms with Gasteiger partial charge in [-0.1, -0.05) is 30.7 Å². The number of allylic oxidation sites excluding steroid dienone is 1. The quantitative estimate of drug-likeness (QED) is 0.649. The number of nitrogens with one attached hydrogen (secondary N) is 1. The number of carbonyl (C=O) groups excluding carboxylic acids is 1. The lowest BCUT2D eigenvalue weighted by atomic mass is 9.73. The van der Waals surface area contributed by atoms with E-state index in [4.69, 9.17) is 19.3 Å². The second-order valence-electron chi connectivity index (χ2n) is 7.20. The third-order valence-corrected chi connectivity index (χ3v) is 5.30. The number of amides is 1. The minimum Gasteiger partial charge on any atom is -0.459 e. The average Bonchev–Trinajstić information content (AvgIpc) is 2.65. The summed E-state index contributed by atoms with van der Waals surface area (Å²) < 4.78 is 16.8. The fourth-order valence-electron chi connectivity index (χ4n) is 3.43. The van der Waals surface area contributed by atoms with Crippen molar-refractivity contribution in [3.05, 3.63) is 47.2 Å². The molecule has 6 nitrogen and oxygen atoms in total. The molecule has 0 unspecified atom stereocenters. The highest BCUT2D eigenvalue weighted by molar-refractivity contribution is 5.91. The maximum Gasteiger partial charge on any atom is 0.286 e. The molecule has 1 fully saturated rings. The number of methoxy groups -OCH3 is 1. The number of hydrogen-bond acceptors (Lipinski definition) is 5. The standard InChI is InChI=1S/C21H29NO5/c1-25-10-9-22-21(24)19-11-18(17-3-2-4-17)12-20(27-19)26-14-16-7-5-15(13-23)6-8-16/h5-8,11,17-18,20,23H,2-4,9-10,12-14H2,1H3,(H,22,24)/t18-,20+/m1/s1. The van der Waals surface area contributed by atoms with Gasteiger partial charge in [-0.3, -0.25) is 4.79 Å². The van der Waals surface area contributed by atoms with Crippen LogP contribution in [0.25, 0.3) is 0 Å². The highest BCUT2D eigenvalue weighted by atomic mass is 16.7. The molecule has 1 aliphatic carbocycles. The van der Waals surface area contributed by atoms with Gasteiger partial charge in [0.25, 0.3) is 5.91 Å². The predicted octanol–water partition coefficient (Wildman–Crippen LogP) is 2.50. The molecule has 27 heavy (non-hydrogen) atoms. The Morgan fingerprint density at radius 3 is 2.63 bits per heavy atom. The van der Waals surface area contributed by atoms with Crippen molar-refractivity contribution in [3.63, 3.8) is 0 Å². The molecule has 0 spiro atoms. The van der Waals surface area contributed by atoms with Crippen LogP contribution in [0, 0.1) is 11.8 Å². The number of ether oxygens (including phenoxy) is 3. The summed E-state index contributed by atoms with van der Waals surface area (Å²) in [4.78, 5) is 12.4. The van der Waals surface area contributed by atoms with E-state index in [0.717, 1.165) is 17.5 Å². The van der Waals surface area contributed by atoms with E-state index < -0.39 is 6.29 Å². The van der Waals surface area contributed by atoms with Crippen LogP contribution in [0.4, 0.5) is 0 Å². The van der Waals surface area contributed by atoms with Gasteiger partial charge < -0.3 is 24.6 Å². The van der Waals surface area contributed by atoms with Gasteiger partial charge in [0.05, 0.1) is 19.8 Å². The molecule has 3 rings (SSSR count). The Labute approximate surface area is 160 Å². The highest BCUT2D eigenvalue weighted by Gasteiger charge is 2.34. The zero-order chi connectivity index (χ0) is 19.1. The maximum absolute atomic E-state index is 12.4. The molecular weight excluding hydrogens is 346 g/mol. The third-order valence-electron chi connectivity index (χ3n) is 5.30. The molecule has 1 saturated carbocycles. The van der Waals surface area contributed by atoms with Crippen molar-refractivity contribution in [3.8, 4) is 0 Å². The molecule has 1 aliphatic heterocycles. The number of hydrogen-bond donors (Lipinski definition) is 2. The molecular formula is C21H29NO5. The van der Waals surface area contributed by atoms with E-state index in [9.17, 15) is 4.79 Å². The van der Waals surface area contributed by atoms with Crippen LogP contribution in [0.1, 0.15) is 36.8 Å². The van der Waals surface area contributed by atoms with Gasteiger partial charge in [-0.15, -0.1) is 0 Å². The second-order valence-corrected chi connectivity index (χ2v) is 7.20. The monoisotopic (exact) mass is 375 g/mol. The van der Waals surface area contributed by atoms with Gasteiger partial charge in [-0.2, -0.15) is 0 Å². The third kappa shape index (κ3) is 5.54. The summed E-state index contributed by atoms with van der Waals surface area (Å²) in [7, 11) is 1.60. The summed E-state index contributed by atoms with van der Waals surface area (Å²) in [5.74, 6) is 1.08. The Bertz CT molecular complexity index is 638. The zero-order valence-corrected chi connectivity index (χ0v) is 15.9. The van der Waals surface area contributed by atoms with E-state index in [1.54, 1.807) is 7.11 Å². The molecule has 0 saturated heterocycles. The normalized spacial score (nSPS) is 22.5. The van der Waals surface area contributed by atoms with Crippen LogP contribution in [0.2, 0.25) is 0 Å². The van der Waals surface area contributed by atoms with Gasteiger partial charge in [0.1, 0.15) is 0 Å². The van der Waals surface area contributed by atoms with Crippen molar-refractivity contribution in [2.45, 2.75) is 45.2 Å². The van der Waals surface area contributed by atoms with Crippen molar-refractivity contribution in [2.24, 2.45) is 11.8 Å². The molecule has 2 atom stereocenters. The van der Waals surface area contributed by atoms with E-state index in [0.29, 0.717) is 37.4 Å². The van der Waals surface area contributed by atoms with Crippen molar-refractivity contribution in [1.29, 1.82) is 0 Å². The molecule has 1 heterocycles. The zero-order valence-electron chi connectivity index (χ0n) is 15.9. The first kappa shape index (κ1) is 19.9. The van der Waals surface area contributed by atoms with E-state index in [1.165, 1.54) is 19.3 Å². The van der Waals surface area contributed by atoms with Gasteiger partial charge in [0.2, 0.25) is 6.29 Å². The van der Waals surface area contributed by atoms with Gasteiger partial charge in [0.15, 0.2) is 5.76 Å². The second kappa shape index (κ2) is 9.88. The van der Waals surface area contributed by atoms with Gasteiger partial charge in [-0.25, -0.2) is 0 Å². The molecule has 2 N–H and O–H groups in total. The van der Waals surface area contributed by atoms with E-state index >= 15 is 0 Å².